The fraction of sp³-hybridized carbons (Fsp3) is 0.101. The van der Waals surface area contributed by atoms with Crippen LogP contribution in [-0.2, 0) is 10.8 Å². The molecule has 0 saturated carbocycles. The summed E-state index contributed by atoms with van der Waals surface area (Å²) in [6, 6.07) is 78.1. The highest BCUT2D eigenvalue weighted by Gasteiger charge is 2.50. The predicted molar refractivity (Wildman–Crippen MR) is 317 cm³/mol. The van der Waals surface area contributed by atoms with Gasteiger partial charge in [0.05, 0.1) is 15.5 Å². The summed E-state index contributed by atoms with van der Waals surface area (Å²) in [6.45, 7) is 11.5. The summed E-state index contributed by atoms with van der Waals surface area (Å²) in [4.78, 5) is 7.22. The molecule has 0 atom stereocenters. The van der Waals surface area contributed by atoms with Crippen molar-refractivity contribution in [2.75, 3.05) is 9.80 Å². The van der Waals surface area contributed by atoms with Crippen LogP contribution in [0.3, 0.4) is 0 Å². The molecule has 12 aromatic rings. The van der Waals surface area contributed by atoms with E-state index in [4.69, 9.17) is 9.15 Å². The van der Waals surface area contributed by atoms with Crippen LogP contribution in [0.15, 0.2) is 227 Å². The third-order valence-corrected chi connectivity index (χ3v) is 17.8. The number of furan rings is 1. The molecule has 0 saturated heterocycles. The van der Waals surface area contributed by atoms with Crippen LogP contribution < -0.4 is 25.5 Å². The lowest BCUT2D eigenvalue weighted by molar-refractivity contribution is 0.455. The smallest absolute Gasteiger partial charge is 0.333 e. The third-order valence-electron chi connectivity index (χ3n) is 16.7. The topological polar surface area (TPSA) is 33.8 Å². The third kappa shape index (κ3) is 6.06. The number of rotatable bonds is 5. The molecule has 5 nitrogen and oxygen atoms in total. The Hall–Kier alpha value is -8.65. The number of aromatic nitrogens is 1. The average molecular weight is 996 g/mol. The molecule has 0 radical (unpaired) electrons. The Bertz CT molecular complexity index is 4400. The van der Waals surface area contributed by atoms with Gasteiger partial charge >= 0.3 is 6.85 Å². The SMILES string of the molecule is CC(C)(C)c1ccc(N2c3cc4c(cc3B3c5c2cc2c(oc6ccccc62)c5-c2cc(N(c5ccccc5)c5ccccc5)cc5c6c(n3c25)-c2ccccc2C6(C)C)Oc2ccccc2S4)c(-c2ccccc2)c1. The fourth-order valence-corrected chi connectivity index (χ4v) is 14.3. The van der Waals surface area contributed by atoms with E-state index in [9.17, 15) is 0 Å². The van der Waals surface area contributed by atoms with E-state index in [1.807, 2.05) is 0 Å². The van der Waals surface area contributed by atoms with Crippen LogP contribution >= 0.6 is 11.8 Å². The summed E-state index contributed by atoms with van der Waals surface area (Å²) in [5, 5.41) is 3.43. The lowest BCUT2D eigenvalue weighted by Gasteiger charge is -2.42. The summed E-state index contributed by atoms with van der Waals surface area (Å²) in [5.41, 5.74) is 22.7. The first-order valence-electron chi connectivity index (χ1n) is 26.4. The van der Waals surface area contributed by atoms with Crippen molar-refractivity contribution in [3.8, 4) is 45.0 Å². The second kappa shape index (κ2) is 15.7. The molecule has 2 aromatic heterocycles. The van der Waals surface area contributed by atoms with Gasteiger partial charge in [0, 0.05) is 83.5 Å². The molecule has 3 aliphatic heterocycles. The summed E-state index contributed by atoms with van der Waals surface area (Å²) in [5.74, 6) is 1.75. The highest BCUT2D eigenvalue weighted by atomic mass is 32.2. The van der Waals surface area contributed by atoms with Crippen molar-refractivity contribution in [2.24, 2.45) is 0 Å². The standard InChI is InChI=1S/C69H50BN3O2S/c1-68(2,3)42-33-34-54(48(35-42)41-21-9-6-10-22-41)72-55-40-61-59(74-58-31-19-20-32-60(58)76-61)39-53(55)70-64-56(72)38-49-46-27-16-18-30-57(46)75-67(49)62(64)50-36-45(71(43-23-11-7-12-24-43)44-25-13-8-14-26-44)37-51-63-66(73(70)65(50)51)47-28-15-17-29-52(47)69(63,4)5/h6-40H,1-5H3. The first-order chi connectivity index (χ1) is 37.1. The molecule has 0 bridgehead atoms. The van der Waals surface area contributed by atoms with E-state index < -0.39 is 0 Å². The largest absolute Gasteiger partial charge is 0.455 e. The lowest BCUT2D eigenvalue weighted by atomic mass is 9.44. The van der Waals surface area contributed by atoms with Crippen molar-refractivity contribution in [3.63, 3.8) is 0 Å². The Kier molecular flexibility index (Phi) is 9.03. The zero-order valence-electron chi connectivity index (χ0n) is 42.9. The number of para-hydroxylation sites is 4. The molecule has 0 amide bonds. The van der Waals surface area contributed by atoms with Crippen LogP contribution in [-0.4, -0.2) is 11.3 Å². The molecule has 362 valence electrons. The first-order valence-corrected chi connectivity index (χ1v) is 27.3. The number of anilines is 6. The van der Waals surface area contributed by atoms with Gasteiger partial charge in [0.25, 0.3) is 0 Å². The minimum Gasteiger partial charge on any atom is -0.455 e. The second-order valence-corrected chi connectivity index (χ2v) is 23.5. The van der Waals surface area contributed by atoms with Crippen molar-refractivity contribution in [1.29, 1.82) is 0 Å². The highest BCUT2D eigenvalue weighted by Crippen LogP contribution is 2.59. The Morgan fingerprint density at radius 2 is 1.24 bits per heavy atom. The molecule has 0 N–H and O–H groups in total. The van der Waals surface area contributed by atoms with Gasteiger partial charge in [0.2, 0.25) is 0 Å². The number of nitrogens with zero attached hydrogens (tertiary/aromatic N) is 3. The summed E-state index contributed by atoms with van der Waals surface area (Å²) in [7, 11) is 0. The Balaban J connectivity index is 1.10. The molecule has 0 fully saturated rings. The maximum Gasteiger partial charge on any atom is 0.333 e. The number of hydrogen-bond acceptors (Lipinski definition) is 5. The summed E-state index contributed by atoms with van der Waals surface area (Å²) in [6.07, 6.45) is 0. The van der Waals surface area contributed by atoms with E-state index in [0.29, 0.717) is 0 Å². The summed E-state index contributed by atoms with van der Waals surface area (Å²) < 4.78 is 17.1. The van der Waals surface area contributed by atoms with Crippen LogP contribution in [0.1, 0.15) is 51.3 Å². The van der Waals surface area contributed by atoms with Gasteiger partial charge in [-0.3, -0.25) is 0 Å². The van der Waals surface area contributed by atoms with Crippen molar-refractivity contribution in [3.05, 3.63) is 229 Å². The van der Waals surface area contributed by atoms with Gasteiger partial charge in [0.1, 0.15) is 22.7 Å². The molecule has 1 aliphatic carbocycles. The van der Waals surface area contributed by atoms with Gasteiger partial charge in [0.15, 0.2) is 0 Å². The normalized spacial score (nSPS) is 14.2. The van der Waals surface area contributed by atoms with Crippen LogP contribution in [0.2, 0.25) is 0 Å². The maximum absolute atomic E-state index is 7.35. The molecule has 0 spiro atoms. The number of fused-ring (bicyclic) bond motifs is 15. The number of hydrogen-bond donors (Lipinski definition) is 0. The maximum atomic E-state index is 7.35. The molecular formula is C69H50BN3O2S. The molecular weight excluding hydrogens is 946 g/mol. The van der Waals surface area contributed by atoms with E-state index in [-0.39, 0.29) is 17.7 Å². The van der Waals surface area contributed by atoms with Crippen LogP contribution in [0.4, 0.5) is 34.1 Å². The Labute approximate surface area is 446 Å². The zero-order chi connectivity index (χ0) is 50.8. The Morgan fingerprint density at radius 3 is 2.01 bits per heavy atom. The molecule has 5 heterocycles. The van der Waals surface area contributed by atoms with Crippen molar-refractivity contribution < 1.29 is 9.15 Å². The highest BCUT2D eigenvalue weighted by molar-refractivity contribution is 7.99. The fourth-order valence-electron chi connectivity index (χ4n) is 13.3. The quantitative estimate of drug-likeness (QED) is 0.161. The molecule has 16 rings (SSSR count). The van der Waals surface area contributed by atoms with Crippen LogP contribution in [0.5, 0.6) is 11.5 Å². The lowest BCUT2D eigenvalue weighted by Crippen LogP contribution is -2.57. The molecule has 0 unspecified atom stereocenters. The van der Waals surface area contributed by atoms with Gasteiger partial charge < -0.3 is 23.4 Å². The zero-order valence-corrected chi connectivity index (χ0v) is 43.7. The van der Waals surface area contributed by atoms with Gasteiger partial charge in [-0.05, 0) is 124 Å². The second-order valence-electron chi connectivity index (χ2n) is 22.4. The molecule has 10 aromatic carbocycles. The minimum atomic E-state index is -0.327. The van der Waals surface area contributed by atoms with E-state index in [1.165, 1.54) is 60.9 Å². The van der Waals surface area contributed by atoms with Crippen LogP contribution in [0.25, 0.3) is 66.4 Å². The molecule has 76 heavy (non-hydrogen) atoms. The summed E-state index contributed by atoms with van der Waals surface area (Å²) >= 11 is 1.79. The molecule has 4 aliphatic rings. The minimum absolute atomic E-state index is 0.0831. The van der Waals surface area contributed by atoms with Crippen molar-refractivity contribution in [1.82, 2.24) is 4.48 Å². The van der Waals surface area contributed by atoms with Gasteiger partial charge in [-0.2, -0.15) is 0 Å². The van der Waals surface area contributed by atoms with E-state index in [2.05, 4.69) is 261 Å². The first kappa shape index (κ1) is 43.7. The van der Waals surface area contributed by atoms with Gasteiger partial charge in [-0.25, -0.2) is 0 Å². The van der Waals surface area contributed by atoms with E-state index in [0.717, 1.165) is 88.5 Å². The molecule has 7 heteroatoms. The van der Waals surface area contributed by atoms with E-state index in [1.54, 1.807) is 11.8 Å². The van der Waals surface area contributed by atoms with Crippen molar-refractivity contribution >= 4 is 96.5 Å². The van der Waals surface area contributed by atoms with Crippen LogP contribution in [0, 0.1) is 0 Å². The van der Waals surface area contributed by atoms with Gasteiger partial charge in [-0.1, -0.05) is 174 Å². The Morgan fingerprint density at radius 1 is 0.539 bits per heavy atom. The monoisotopic (exact) mass is 995 g/mol. The predicted octanol–water partition coefficient (Wildman–Crippen LogP) is 18.0. The number of benzene rings is 10. The van der Waals surface area contributed by atoms with E-state index >= 15 is 0 Å². The van der Waals surface area contributed by atoms with Gasteiger partial charge in [-0.15, -0.1) is 0 Å². The number of ether oxygens (including phenoxy) is 1. The van der Waals surface area contributed by atoms with Crippen molar-refractivity contribution in [2.45, 2.75) is 55.2 Å². The average Bonchev–Trinajstić information content (AvgIpc) is 4.10.